The number of hydrogen-bond acceptors (Lipinski definition) is 4. The summed E-state index contributed by atoms with van der Waals surface area (Å²) in [5.74, 6) is 0.0294. The first-order valence-corrected chi connectivity index (χ1v) is 7.02. The van der Waals surface area contributed by atoms with Gasteiger partial charge in [0.05, 0.1) is 18.1 Å². The fourth-order valence-electron chi connectivity index (χ4n) is 1.23. The van der Waals surface area contributed by atoms with Crippen LogP contribution in [0.25, 0.3) is 0 Å². The number of phenolic OH excluding ortho intramolecular Hbond substituents is 1. The average Bonchev–Trinajstić information content (AvgIpc) is 2.34. The zero-order chi connectivity index (χ0) is 13.4. The third-order valence-electron chi connectivity index (χ3n) is 2.15. The molecule has 100 valence electrons. The Labute approximate surface area is 107 Å². The molecule has 6 heteroatoms. The van der Waals surface area contributed by atoms with Gasteiger partial charge in [-0.1, -0.05) is 6.08 Å². The Kier molecular flexibility index (Phi) is 5.84. The van der Waals surface area contributed by atoms with Crippen molar-refractivity contribution < 1.29 is 18.3 Å². The molecule has 0 fully saturated rings. The molecule has 0 aliphatic heterocycles. The van der Waals surface area contributed by atoms with Gasteiger partial charge in [-0.25, -0.2) is 13.1 Å². The Balaban J connectivity index is 2.40. The number of ether oxygens (including phenoxy) is 1. The second-order valence-electron chi connectivity index (χ2n) is 3.58. The number of nitrogens with one attached hydrogen (secondary N) is 1. The van der Waals surface area contributed by atoms with Gasteiger partial charge in [-0.2, -0.15) is 0 Å². The van der Waals surface area contributed by atoms with Crippen LogP contribution in [-0.4, -0.2) is 33.3 Å². The van der Waals surface area contributed by atoms with Gasteiger partial charge in [0.1, 0.15) is 5.75 Å². The summed E-state index contributed by atoms with van der Waals surface area (Å²) in [7, 11) is -3.53. The third kappa shape index (κ3) is 4.87. The molecule has 5 nitrogen and oxygen atoms in total. The van der Waals surface area contributed by atoms with Crippen LogP contribution in [0.5, 0.6) is 5.75 Å². The van der Waals surface area contributed by atoms with Crippen molar-refractivity contribution in [2.45, 2.75) is 11.3 Å². The van der Waals surface area contributed by atoms with Gasteiger partial charge < -0.3 is 9.84 Å². The molecule has 0 bridgehead atoms. The standard InChI is InChI=1S/C12H17NO4S/c1-2-3-9-17-10-8-13-18(15,16)12-6-4-11(14)5-7-12/h2,4-7,13-14H,1,3,8-10H2. The van der Waals surface area contributed by atoms with Crippen LogP contribution in [0.15, 0.2) is 41.8 Å². The van der Waals surface area contributed by atoms with Crippen LogP contribution >= 0.6 is 0 Å². The summed E-state index contributed by atoms with van der Waals surface area (Å²) in [6.45, 7) is 4.60. The summed E-state index contributed by atoms with van der Waals surface area (Å²) < 4.78 is 31.1. The van der Waals surface area contributed by atoms with Crippen LogP contribution in [0.4, 0.5) is 0 Å². The first-order valence-electron chi connectivity index (χ1n) is 5.53. The summed E-state index contributed by atoms with van der Waals surface area (Å²) in [4.78, 5) is 0.117. The van der Waals surface area contributed by atoms with E-state index >= 15 is 0 Å². The van der Waals surface area contributed by atoms with Gasteiger partial charge in [-0.3, -0.25) is 0 Å². The molecule has 0 saturated carbocycles. The van der Waals surface area contributed by atoms with E-state index < -0.39 is 10.0 Å². The van der Waals surface area contributed by atoms with E-state index in [0.717, 1.165) is 6.42 Å². The van der Waals surface area contributed by atoms with E-state index in [1.54, 1.807) is 6.08 Å². The molecule has 0 heterocycles. The molecule has 0 aliphatic rings. The lowest BCUT2D eigenvalue weighted by molar-refractivity contribution is 0.144. The monoisotopic (exact) mass is 271 g/mol. The number of sulfonamides is 1. The fourth-order valence-corrected chi connectivity index (χ4v) is 2.24. The molecular formula is C12H17NO4S. The van der Waals surface area contributed by atoms with Crippen LogP contribution < -0.4 is 4.72 Å². The molecule has 0 aromatic heterocycles. The minimum absolute atomic E-state index is 0.0294. The SMILES string of the molecule is C=CCCOCCNS(=O)(=O)c1ccc(O)cc1. The molecule has 0 atom stereocenters. The number of phenols is 1. The lowest BCUT2D eigenvalue weighted by Gasteiger charge is -2.07. The van der Waals surface area contributed by atoms with Gasteiger partial charge >= 0.3 is 0 Å². The Morgan fingerprint density at radius 3 is 2.56 bits per heavy atom. The number of aromatic hydroxyl groups is 1. The lowest BCUT2D eigenvalue weighted by Crippen LogP contribution is -2.27. The third-order valence-corrected chi connectivity index (χ3v) is 3.63. The van der Waals surface area contributed by atoms with Crippen molar-refractivity contribution in [2.75, 3.05) is 19.8 Å². The average molecular weight is 271 g/mol. The second kappa shape index (κ2) is 7.15. The van der Waals surface area contributed by atoms with E-state index in [9.17, 15) is 8.42 Å². The predicted octanol–water partition coefficient (Wildman–Crippen LogP) is 1.26. The maximum atomic E-state index is 11.8. The molecule has 0 unspecified atom stereocenters. The van der Waals surface area contributed by atoms with Gasteiger partial charge in [0.2, 0.25) is 10.0 Å². The van der Waals surface area contributed by atoms with Crippen LogP contribution in [0.3, 0.4) is 0 Å². The second-order valence-corrected chi connectivity index (χ2v) is 5.35. The van der Waals surface area contributed by atoms with Crippen LogP contribution in [-0.2, 0) is 14.8 Å². The highest BCUT2D eigenvalue weighted by atomic mass is 32.2. The summed E-state index contributed by atoms with van der Waals surface area (Å²) in [6.07, 6.45) is 2.48. The van der Waals surface area contributed by atoms with E-state index in [2.05, 4.69) is 11.3 Å². The highest BCUT2D eigenvalue weighted by Crippen LogP contribution is 2.13. The minimum Gasteiger partial charge on any atom is -0.508 e. The van der Waals surface area contributed by atoms with Crippen molar-refractivity contribution in [1.29, 1.82) is 0 Å². The highest BCUT2D eigenvalue weighted by molar-refractivity contribution is 7.89. The van der Waals surface area contributed by atoms with Crippen molar-refractivity contribution in [3.63, 3.8) is 0 Å². The largest absolute Gasteiger partial charge is 0.508 e. The Hall–Kier alpha value is -1.37. The Morgan fingerprint density at radius 1 is 1.28 bits per heavy atom. The number of hydrogen-bond donors (Lipinski definition) is 2. The summed E-state index contributed by atoms with van der Waals surface area (Å²) >= 11 is 0. The molecule has 0 amide bonds. The minimum atomic E-state index is -3.53. The first kappa shape index (κ1) is 14.7. The van der Waals surface area contributed by atoms with Crippen LogP contribution in [0.2, 0.25) is 0 Å². The topological polar surface area (TPSA) is 75.6 Å². The molecule has 0 aliphatic carbocycles. The van der Waals surface area contributed by atoms with E-state index in [1.807, 2.05) is 0 Å². The number of rotatable bonds is 8. The van der Waals surface area contributed by atoms with Crippen LogP contribution in [0, 0.1) is 0 Å². The van der Waals surface area contributed by atoms with E-state index in [4.69, 9.17) is 9.84 Å². The van der Waals surface area contributed by atoms with Gasteiger partial charge in [-0.05, 0) is 30.7 Å². The van der Waals surface area contributed by atoms with Gasteiger partial charge in [0.25, 0.3) is 0 Å². The highest BCUT2D eigenvalue weighted by Gasteiger charge is 2.12. The fraction of sp³-hybridized carbons (Fsp3) is 0.333. The Bertz CT molecular complexity index is 467. The molecule has 1 rings (SSSR count). The van der Waals surface area contributed by atoms with Crippen molar-refractivity contribution >= 4 is 10.0 Å². The molecule has 0 saturated heterocycles. The van der Waals surface area contributed by atoms with E-state index in [1.165, 1.54) is 24.3 Å². The molecule has 1 aromatic rings. The maximum absolute atomic E-state index is 11.8. The van der Waals surface area contributed by atoms with Gasteiger partial charge in [0, 0.05) is 6.54 Å². The first-order chi connectivity index (χ1) is 8.56. The zero-order valence-corrected chi connectivity index (χ0v) is 10.8. The molecule has 1 aromatic carbocycles. The van der Waals surface area contributed by atoms with Crippen molar-refractivity contribution in [1.82, 2.24) is 4.72 Å². The quantitative estimate of drug-likeness (QED) is 0.551. The Morgan fingerprint density at radius 2 is 1.94 bits per heavy atom. The van der Waals surface area contributed by atoms with Crippen molar-refractivity contribution in [3.8, 4) is 5.75 Å². The molecule has 0 spiro atoms. The summed E-state index contributed by atoms with van der Waals surface area (Å²) in [5, 5.41) is 9.08. The maximum Gasteiger partial charge on any atom is 0.240 e. The molecule has 18 heavy (non-hydrogen) atoms. The van der Waals surface area contributed by atoms with E-state index in [-0.39, 0.29) is 17.2 Å². The molecule has 0 radical (unpaired) electrons. The lowest BCUT2D eigenvalue weighted by atomic mass is 10.3. The summed E-state index contributed by atoms with van der Waals surface area (Å²) in [5.41, 5.74) is 0. The normalized spacial score (nSPS) is 11.3. The predicted molar refractivity (Wildman–Crippen MR) is 68.9 cm³/mol. The van der Waals surface area contributed by atoms with Crippen molar-refractivity contribution in [3.05, 3.63) is 36.9 Å². The van der Waals surface area contributed by atoms with E-state index in [0.29, 0.717) is 13.2 Å². The van der Waals surface area contributed by atoms with Gasteiger partial charge in [-0.15, -0.1) is 6.58 Å². The smallest absolute Gasteiger partial charge is 0.240 e. The molecule has 2 N–H and O–H groups in total. The van der Waals surface area contributed by atoms with Crippen molar-refractivity contribution in [2.24, 2.45) is 0 Å². The van der Waals surface area contributed by atoms with Gasteiger partial charge in [0.15, 0.2) is 0 Å². The molecular weight excluding hydrogens is 254 g/mol. The number of benzene rings is 1. The summed E-state index contributed by atoms with van der Waals surface area (Å²) in [6, 6.07) is 5.34. The zero-order valence-electron chi connectivity index (χ0n) is 10.0. The van der Waals surface area contributed by atoms with Crippen LogP contribution in [0.1, 0.15) is 6.42 Å².